The van der Waals surface area contributed by atoms with Crippen molar-refractivity contribution in [2.45, 2.75) is 103 Å². The minimum Gasteiger partial charge on any atom is -0.465 e. The Morgan fingerprint density at radius 1 is 0.913 bits per heavy atom. The zero-order valence-corrected chi connectivity index (χ0v) is 15.4. The van der Waals surface area contributed by atoms with Gasteiger partial charge in [0.25, 0.3) is 0 Å². The van der Waals surface area contributed by atoms with Gasteiger partial charge in [-0.05, 0) is 30.6 Å². The van der Waals surface area contributed by atoms with E-state index in [1.54, 1.807) is 0 Å². The fourth-order valence-corrected chi connectivity index (χ4v) is 4.42. The third-order valence-electron chi connectivity index (χ3n) is 6.04. The average Bonchev–Trinajstić information content (AvgIpc) is 2.60. The topological polar surface area (TPSA) is 26.3 Å². The van der Waals surface area contributed by atoms with Crippen LogP contribution in [-0.4, -0.2) is 12.6 Å². The van der Waals surface area contributed by atoms with Crippen LogP contribution in [0.2, 0.25) is 0 Å². The monoisotopic (exact) mass is 322 g/mol. The van der Waals surface area contributed by atoms with E-state index in [-0.39, 0.29) is 5.97 Å². The third kappa shape index (κ3) is 8.22. The van der Waals surface area contributed by atoms with E-state index < -0.39 is 0 Å². The fourth-order valence-electron chi connectivity index (χ4n) is 4.42. The van der Waals surface area contributed by atoms with Crippen molar-refractivity contribution in [1.29, 1.82) is 0 Å². The summed E-state index contributed by atoms with van der Waals surface area (Å²) in [6.45, 7) is 2.86. The lowest BCUT2D eigenvalue weighted by atomic mass is 9.85. The first-order valence-corrected chi connectivity index (χ1v) is 10.4. The Bertz CT molecular complexity index is 314. The summed E-state index contributed by atoms with van der Waals surface area (Å²) in [5.41, 5.74) is 0. The van der Waals surface area contributed by atoms with E-state index in [2.05, 4.69) is 6.92 Å². The van der Waals surface area contributed by atoms with Gasteiger partial charge in [-0.3, -0.25) is 4.79 Å². The number of hydrogen-bond donors (Lipinski definition) is 0. The highest BCUT2D eigenvalue weighted by molar-refractivity contribution is 5.69. The summed E-state index contributed by atoms with van der Waals surface area (Å²) in [5, 5.41) is 0. The molecule has 23 heavy (non-hydrogen) atoms. The zero-order chi connectivity index (χ0) is 16.3. The summed E-state index contributed by atoms with van der Waals surface area (Å²) in [6, 6.07) is 0. The molecular weight excluding hydrogens is 284 g/mol. The van der Waals surface area contributed by atoms with Crippen LogP contribution in [0, 0.1) is 17.8 Å². The van der Waals surface area contributed by atoms with Crippen LogP contribution in [0.5, 0.6) is 0 Å². The van der Waals surface area contributed by atoms with Crippen molar-refractivity contribution >= 4 is 5.97 Å². The van der Waals surface area contributed by atoms with Crippen LogP contribution < -0.4 is 0 Å². The van der Waals surface area contributed by atoms with Crippen LogP contribution in [0.1, 0.15) is 103 Å². The normalized spacial score (nSPS) is 22.0. The third-order valence-corrected chi connectivity index (χ3v) is 6.04. The number of carbonyl (C=O) groups is 1. The Balaban J connectivity index is 1.46. The fraction of sp³-hybridized carbons (Fsp3) is 0.952. The van der Waals surface area contributed by atoms with Crippen molar-refractivity contribution in [3.8, 4) is 0 Å². The van der Waals surface area contributed by atoms with E-state index in [9.17, 15) is 4.79 Å². The van der Waals surface area contributed by atoms with Crippen LogP contribution in [0.25, 0.3) is 0 Å². The first-order chi connectivity index (χ1) is 11.2. The smallest absolute Gasteiger partial charge is 0.305 e. The van der Waals surface area contributed by atoms with Gasteiger partial charge < -0.3 is 4.74 Å². The molecule has 0 aromatic heterocycles. The van der Waals surface area contributed by atoms with Crippen LogP contribution in [-0.2, 0) is 9.53 Å². The summed E-state index contributed by atoms with van der Waals surface area (Å²) < 4.78 is 5.50. The molecule has 0 heterocycles. The van der Waals surface area contributed by atoms with Crippen LogP contribution in [0.4, 0.5) is 0 Å². The number of rotatable bonds is 9. The Morgan fingerprint density at radius 2 is 1.48 bits per heavy atom. The highest BCUT2D eigenvalue weighted by Crippen LogP contribution is 2.29. The molecule has 2 saturated carbocycles. The molecule has 2 nitrogen and oxygen atoms in total. The predicted octanol–water partition coefficient (Wildman–Crippen LogP) is 6.28. The molecule has 0 saturated heterocycles. The first kappa shape index (κ1) is 18.8. The molecule has 2 aliphatic carbocycles. The summed E-state index contributed by atoms with van der Waals surface area (Å²) in [4.78, 5) is 11.9. The van der Waals surface area contributed by atoms with Crippen LogP contribution >= 0.6 is 0 Å². The Morgan fingerprint density at radius 3 is 2.09 bits per heavy atom. The van der Waals surface area contributed by atoms with Crippen LogP contribution in [0.15, 0.2) is 0 Å². The Labute approximate surface area is 143 Å². The quantitative estimate of drug-likeness (QED) is 0.467. The lowest BCUT2D eigenvalue weighted by molar-refractivity contribution is -0.145. The largest absolute Gasteiger partial charge is 0.465 e. The molecule has 1 unspecified atom stereocenters. The molecule has 2 aliphatic rings. The minimum atomic E-state index is 0.0368. The standard InChI is InChI=1S/C21H38O2/c1-18(9-8-14-19-10-4-2-5-11-19)17-23-21(22)16-15-20-12-6-3-7-13-20/h18-20H,2-17H2,1H3. The molecule has 0 aliphatic heterocycles. The molecule has 0 aromatic rings. The molecule has 2 fully saturated rings. The van der Waals surface area contributed by atoms with E-state index in [4.69, 9.17) is 4.74 Å². The number of ether oxygens (including phenoxy) is 1. The predicted molar refractivity (Wildman–Crippen MR) is 96.4 cm³/mol. The maximum Gasteiger partial charge on any atom is 0.305 e. The molecule has 2 rings (SSSR count). The lowest BCUT2D eigenvalue weighted by Crippen LogP contribution is -2.14. The van der Waals surface area contributed by atoms with E-state index in [1.165, 1.54) is 83.5 Å². The maximum atomic E-state index is 11.9. The van der Waals surface area contributed by atoms with Crippen molar-refractivity contribution < 1.29 is 9.53 Å². The lowest BCUT2D eigenvalue weighted by Gasteiger charge is -2.22. The van der Waals surface area contributed by atoms with Crippen LogP contribution in [0.3, 0.4) is 0 Å². The SMILES string of the molecule is CC(CCCC1CCCCC1)COC(=O)CCC1CCCCC1. The maximum absolute atomic E-state index is 11.9. The molecular formula is C21H38O2. The molecule has 0 aromatic carbocycles. The molecule has 0 N–H and O–H groups in total. The van der Waals surface area contributed by atoms with Crippen molar-refractivity contribution in [3.05, 3.63) is 0 Å². The molecule has 0 amide bonds. The van der Waals surface area contributed by atoms with Gasteiger partial charge in [0.05, 0.1) is 6.61 Å². The van der Waals surface area contributed by atoms with Crippen molar-refractivity contribution in [3.63, 3.8) is 0 Å². The van der Waals surface area contributed by atoms with Crippen molar-refractivity contribution in [2.24, 2.45) is 17.8 Å². The second-order valence-corrected chi connectivity index (χ2v) is 8.27. The van der Waals surface area contributed by atoms with Gasteiger partial charge in [0.2, 0.25) is 0 Å². The summed E-state index contributed by atoms with van der Waals surface area (Å²) in [5.74, 6) is 2.32. The molecule has 134 valence electrons. The van der Waals surface area contributed by atoms with E-state index in [0.29, 0.717) is 18.9 Å². The van der Waals surface area contributed by atoms with Gasteiger partial charge >= 0.3 is 5.97 Å². The highest BCUT2D eigenvalue weighted by Gasteiger charge is 2.16. The van der Waals surface area contributed by atoms with E-state index in [0.717, 1.165) is 18.3 Å². The second-order valence-electron chi connectivity index (χ2n) is 8.27. The number of esters is 1. The van der Waals surface area contributed by atoms with Gasteiger partial charge in [-0.2, -0.15) is 0 Å². The molecule has 0 spiro atoms. The van der Waals surface area contributed by atoms with Crippen molar-refractivity contribution in [2.75, 3.05) is 6.61 Å². The minimum absolute atomic E-state index is 0.0368. The van der Waals surface area contributed by atoms with Gasteiger partial charge in [-0.25, -0.2) is 0 Å². The highest BCUT2D eigenvalue weighted by atomic mass is 16.5. The summed E-state index contributed by atoms with van der Waals surface area (Å²) in [7, 11) is 0. The summed E-state index contributed by atoms with van der Waals surface area (Å²) >= 11 is 0. The average molecular weight is 323 g/mol. The Kier molecular flexibility index (Phi) is 9.07. The van der Waals surface area contributed by atoms with E-state index >= 15 is 0 Å². The number of carbonyl (C=O) groups excluding carboxylic acids is 1. The van der Waals surface area contributed by atoms with E-state index in [1.807, 2.05) is 0 Å². The molecule has 2 heteroatoms. The second kappa shape index (κ2) is 11.1. The zero-order valence-electron chi connectivity index (χ0n) is 15.4. The van der Waals surface area contributed by atoms with Gasteiger partial charge in [0, 0.05) is 6.42 Å². The molecule has 0 radical (unpaired) electrons. The van der Waals surface area contributed by atoms with Gasteiger partial charge in [-0.15, -0.1) is 0 Å². The first-order valence-electron chi connectivity index (χ1n) is 10.4. The van der Waals surface area contributed by atoms with Gasteiger partial charge in [-0.1, -0.05) is 84.0 Å². The van der Waals surface area contributed by atoms with Gasteiger partial charge in [0.15, 0.2) is 0 Å². The van der Waals surface area contributed by atoms with Gasteiger partial charge in [0.1, 0.15) is 0 Å². The Hall–Kier alpha value is -0.530. The number of hydrogen-bond acceptors (Lipinski definition) is 2. The molecule has 1 atom stereocenters. The summed E-state index contributed by atoms with van der Waals surface area (Å²) in [6.07, 6.45) is 19.6. The van der Waals surface area contributed by atoms with Crippen molar-refractivity contribution in [1.82, 2.24) is 0 Å². The molecule has 0 bridgehead atoms.